The molecule has 0 spiro atoms. The lowest BCUT2D eigenvalue weighted by atomic mass is 9.71. The summed E-state index contributed by atoms with van der Waals surface area (Å²) >= 11 is 0. The van der Waals surface area contributed by atoms with Crippen LogP contribution in [0.25, 0.3) is 0 Å². The molecule has 194 valence electrons. The first-order valence-corrected chi connectivity index (χ1v) is 12.2. The lowest BCUT2D eigenvalue weighted by molar-refractivity contribution is -0.116. The number of amides is 1. The SMILES string of the molecule is COc1cc(C2C(C(=O)Nc3c(F)cccc3F)=C(C)NC3=C2C(=O)CC(c2ccccc2)C3)ccc1O. The van der Waals surface area contributed by atoms with E-state index in [0.717, 1.165) is 17.7 Å². The predicted octanol–water partition coefficient (Wildman–Crippen LogP) is 5.68. The van der Waals surface area contributed by atoms with E-state index in [1.807, 2.05) is 30.3 Å². The number of methoxy groups -OCH3 is 1. The first-order chi connectivity index (χ1) is 18.3. The Morgan fingerprint density at radius 2 is 1.71 bits per heavy atom. The first kappa shape index (κ1) is 25.2. The summed E-state index contributed by atoms with van der Waals surface area (Å²) in [4.78, 5) is 27.3. The zero-order valence-electron chi connectivity index (χ0n) is 20.8. The van der Waals surface area contributed by atoms with Crippen LogP contribution in [0.4, 0.5) is 14.5 Å². The molecular formula is C30H26F2N2O4. The molecule has 1 aliphatic heterocycles. The number of phenols is 1. The summed E-state index contributed by atoms with van der Waals surface area (Å²) in [6.07, 6.45) is 0.789. The summed E-state index contributed by atoms with van der Waals surface area (Å²) in [5.74, 6) is -3.53. The van der Waals surface area contributed by atoms with Crippen molar-refractivity contribution in [2.45, 2.75) is 31.6 Å². The largest absolute Gasteiger partial charge is 0.504 e. The quantitative estimate of drug-likeness (QED) is 0.406. The third-order valence-electron chi connectivity index (χ3n) is 7.08. The second-order valence-electron chi connectivity index (χ2n) is 9.41. The van der Waals surface area contributed by atoms with Crippen LogP contribution in [0.5, 0.6) is 11.5 Å². The number of carbonyl (C=O) groups is 2. The molecule has 1 amide bonds. The van der Waals surface area contributed by atoms with Gasteiger partial charge in [0.15, 0.2) is 17.3 Å². The number of hydrogen-bond acceptors (Lipinski definition) is 5. The minimum Gasteiger partial charge on any atom is -0.504 e. The normalized spacial score (nSPS) is 19.1. The molecule has 0 fully saturated rings. The molecule has 6 nitrogen and oxygen atoms in total. The fourth-order valence-corrected chi connectivity index (χ4v) is 5.31. The van der Waals surface area contributed by atoms with Gasteiger partial charge in [0.2, 0.25) is 0 Å². The van der Waals surface area contributed by atoms with Crippen molar-refractivity contribution in [2.24, 2.45) is 0 Å². The summed E-state index contributed by atoms with van der Waals surface area (Å²) in [6, 6.07) is 17.7. The fourth-order valence-electron chi connectivity index (χ4n) is 5.31. The van der Waals surface area contributed by atoms with Gasteiger partial charge in [-0.15, -0.1) is 0 Å². The highest BCUT2D eigenvalue weighted by molar-refractivity contribution is 6.10. The average molecular weight is 517 g/mol. The molecule has 3 aromatic carbocycles. The Bertz CT molecular complexity index is 1480. The van der Waals surface area contributed by atoms with Gasteiger partial charge in [0.25, 0.3) is 5.91 Å². The Labute approximate surface area is 218 Å². The molecule has 0 saturated carbocycles. The summed E-state index contributed by atoms with van der Waals surface area (Å²) in [5, 5.41) is 15.8. The maximum absolute atomic E-state index is 14.4. The Hall–Kier alpha value is -4.46. The van der Waals surface area contributed by atoms with E-state index in [0.29, 0.717) is 29.0 Å². The molecule has 2 aliphatic rings. The number of benzene rings is 3. The lowest BCUT2D eigenvalue weighted by Gasteiger charge is -2.37. The van der Waals surface area contributed by atoms with E-state index >= 15 is 0 Å². The monoisotopic (exact) mass is 516 g/mol. The van der Waals surface area contributed by atoms with Crippen molar-refractivity contribution >= 4 is 17.4 Å². The van der Waals surface area contributed by atoms with Crippen molar-refractivity contribution in [1.82, 2.24) is 5.32 Å². The van der Waals surface area contributed by atoms with Crippen LogP contribution in [0.15, 0.2) is 89.3 Å². The third-order valence-corrected chi connectivity index (χ3v) is 7.08. The molecule has 3 aromatic rings. The number of ether oxygens (including phenoxy) is 1. The number of phenolic OH excluding ortho intramolecular Hbond substituents is 1. The number of Topliss-reactive ketones (excluding diaryl/α,β-unsaturated/α-hetero) is 1. The molecule has 5 rings (SSSR count). The molecule has 0 aromatic heterocycles. The van der Waals surface area contributed by atoms with Crippen LogP contribution >= 0.6 is 0 Å². The summed E-state index contributed by atoms with van der Waals surface area (Å²) in [6.45, 7) is 1.69. The highest BCUT2D eigenvalue weighted by atomic mass is 19.1. The second-order valence-corrected chi connectivity index (χ2v) is 9.41. The molecular weight excluding hydrogens is 490 g/mol. The number of aromatic hydroxyl groups is 1. The van der Waals surface area contributed by atoms with Crippen LogP contribution in [0.3, 0.4) is 0 Å². The Morgan fingerprint density at radius 3 is 2.39 bits per heavy atom. The van der Waals surface area contributed by atoms with Gasteiger partial charge in [-0.3, -0.25) is 9.59 Å². The van der Waals surface area contributed by atoms with E-state index in [9.17, 15) is 23.5 Å². The van der Waals surface area contributed by atoms with Crippen LogP contribution in [0.2, 0.25) is 0 Å². The van der Waals surface area contributed by atoms with E-state index in [2.05, 4.69) is 10.6 Å². The minimum atomic E-state index is -0.914. The summed E-state index contributed by atoms with van der Waals surface area (Å²) < 4.78 is 34.0. The fraction of sp³-hybridized carbons (Fsp3) is 0.200. The number of anilines is 1. The number of rotatable bonds is 5. The van der Waals surface area contributed by atoms with E-state index in [-0.39, 0.29) is 35.2 Å². The topological polar surface area (TPSA) is 87.7 Å². The van der Waals surface area contributed by atoms with Crippen molar-refractivity contribution < 1.29 is 28.2 Å². The van der Waals surface area contributed by atoms with Crippen molar-refractivity contribution in [1.29, 1.82) is 0 Å². The molecule has 38 heavy (non-hydrogen) atoms. The zero-order valence-corrected chi connectivity index (χ0v) is 20.8. The Kier molecular flexibility index (Phi) is 6.72. The van der Waals surface area contributed by atoms with Gasteiger partial charge in [0.05, 0.1) is 7.11 Å². The van der Waals surface area contributed by atoms with E-state index in [4.69, 9.17) is 4.74 Å². The standard InChI is InChI=1S/C30H26F2N2O4/c1-16-26(30(37)34-29-20(31)9-6-10-21(29)32)27(18-11-12-23(35)25(15-18)38-2)28-22(33-16)13-19(14-24(28)36)17-7-4-3-5-8-17/h3-12,15,19,27,33,35H,13-14H2,1-2H3,(H,34,37). The number of para-hydroxylation sites is 1. The van der Waals surface area contributed by atoms with Crippen molar-refractivity contribution in [2.75, 3.05) is 12.4 Å². The van der Waals surface area contributed by atoms with Gasteiger partial charge in [-0.05, 0) is 54.7 Å². The van der Waals surface area contributed by atoms with E-state index in [1.54, 1.807) is 19.1 Å². The molecule has 0 radical (unpaired) electrons. The number of dihydropyridines is 1. The van der Waals surface area contributed by atoms with Crippen molar-refractivity contribution in [3.63, 3.8) is 0 Å². The second kappa shape index (κ2) is 10.1. The highest BCUT2D eigenvalue weighted by Crippen LogP contribution is 2.47. The number of nitrogens with one attached hydrogen (secondary N) is 2. The van der Waals surface area contributed by atoms with Gasteiger partial charge in [-0.1, -0.05) is 42.5 Å². The first-order valence-electron chi connectivity index (χ1n) is 12.2. The molecule has 1 aliphatic carbocycles. The predicted molar refractivity (Wildman–Crippen MR) is 139 cm³/mol. The maximum Gasteiger partial charge on any atom is 0.254 e. The molecule has 1 heterocycles. The molecule has 2 atom stereocenters. The number of halogens is 2. The third kappa shape index (κ3) is 4.53. The molecule has 8 heteroatoms. The lowest BCUT2D eigenvalue weighted by Crippen LogP contribution is -2.37. The Morgan fingerprint density at radius 1 is 1.00 bits per heavy atom. The van der Waals surface area contributed by atoms with Crippen LogP contribution in [0, 0.1) is 11.6 Å². The molecule has 0 bridgehead atoms. The average Bonchev–Trinajstić information content (AvgIpc) is 2.90. The van der Waals surface area contributed by atoms with Crippen LogP contribution < -0.4 is 15.4 Å². The van der Waals surface area contributed by atoms with Crippen LogP contribution in [-0.4, -0.2) is 23.9 Å². The maximum atomic E-state index is 14.4. The number of ketones is 1. The van der Waals surface area contributed by atoms with Gasteiger partial charge < -0.3 is 20.5 Å². The molecule has 0 saturated heterocycles. The van der Waals surface area contributed by atoms with Gasteiger partial charge >= 0.3 is 0 Å². The van der Waals surface area contributed by atoms with Crippen LogP contribution in [0.1, 0.15) is 42.7 Å². The van der Waals surface area contributed by atoms with E-state index in [1.165, 1.54) is 19.2 Å². The zero-order chi connectivity index (χ0) is 27.0. The minimum absolute atomic E-state index is 0.0411. The summed E-state index contributed by atoms with van der Waals surface area (Å²) in [7, 11) is 1.40. The van der Waals surface area contributed by atoms with Gasteiger partial charge in [0, 0.05) is 34.9 Å². The van der Waals surface area contributed by atoms with Gasteiger partial charge in [0.1, 0.15) is 17.3 Å². The number of hydrogen-bond donors (Lipinski definition) is 3. The van der Waals surface area contributed by atoms with Gasteiger partial charge in [-0.2, -0.15) is 0 Å². The van der Waals surface area contributed by atoms with Gasteiger partial charge in [-0.25, -0.2) is 8.78 Å². The summed E-state index contributed by atoms with van der Waals surface area (Å²) in [5.41, 5.74) is 2.70. The number of carbonyl (C=O) groups excluding carboxylic acids is 2. The van der Waals surface area contributed by atoms with Crippen molar-refractivity contribution in [3.05, 3.63) is 112 Å². The Balaban J connectivity index is 1.61. The van der Waals surface area contributed by atoms with E-state index < -0.39 is 29.1 Å². The molecule has 3 N–H and O–H groups in total. The smallest absolute Gasteiger partial charge is 0.254 e. The van der Waals surface area contributed by atoms with Crippen molar-refractivity contribution in [3.8, 4) is 11.5 Å². The highest BCUT2D eigenvalue weighted by Gasteiger charge is 2.41. The van der Waals surface area contributed by atoms with Crippen LogP contribution in [-0.2, 0) is 9.59 Å². The molecule has 2 unspecified atom stereocenters. The number of allylic oxidation sites excluding steroid dienone is 3.